The van der Waals surface area contributed by atoms with E-state index in [9.17, 15) is 4.79 Å². The number of hydrogen-bond acceptors (Lipinski definition) is 5. The van der Waals surface area contributed by atoms with Gasteiger partial charge in [0.2, 0.25) is 0 Å². The molecule has 0 radical (unpaired) electrons. The van der Waals surface area contributed by atoms with Crippen molar-refractivity contribution >= 4 is 22.8 Å². The van der Waals surface area contributed by atoms with Crippen molar-refractivity contribution in [1.82, 2.24) is 14.5 Å². The SMILES string of the molecule is COC(=O)N1c2ccc3c(nc(Cc4ccccc4)n3CCN3CC4(CCO4)C3)c2CCC1C. The van der Waals surface area contributed by atoms with E-state index in [4.69, 9.17) is 14.5 Å². The lowest BCUT2D eigenvalue weighted by molar-refractivity contribution is -0.221. The van der Waals surface area contributed by atoms with Crippen molar-refractivity contribution in [2.24, 2.45) is 0 Å². The van der Waals surface area contributed by atoms with Gasteiger partial charge in [0.15, 0.2) is 0 Å². The molecule has 3 aromatic rings. The van der Waals surface area contributed by atoms with Crippen molar-refractivity contribution in [1.29, 1.82) is 0 Å². The summed E-state index contributed by atoms with van der Waals surface area (Å²) in [5.74, 6) is 1.08. The van der Waals surface area contributed by atoms with Crippen molar-refractivity contribution in [3.63, 3.8) is 0 Å². The molecule has 1 spiro atoms. The van der Waals surface area contributed by atoms with Crippen LogP contribution in [-0.4, -0.2) is 65.5 Å². The van der Waals surface area contributed by atoms with Crippen molar-refractivity contribution in [2.45, 2.75) is 50.8 Å². The van der Waals surface area contributed by atoms with Crippen molar-refractivity contribution in [3.8, 4) is 0 Å². The second-order valence-electron chi connectivity index (χ2n) is 9.99. The normalized spacial score (nSPS) is 21.2. The first-order chi connectivity index (χ1) is 16.6. The van der Waals surface area contributed by atoms with Crippen LogP contribution in [0.25, 0.3) is 11.0 Å². The summed E-state index contributed by atoms with van der Waals surface area (Å²) in [4.78, 5) is 22.0. The monoisotopic (exact) mass is 460 g/mol. The highest BCUT2D eigenvalue weighted by atomic mass is 16.5. The van der Waals surface area contributed by atoms with Crippen LogP contribution in [0.4, 0.5) is 10.5 Å². The Balaban J connectivity index is 1.36. The summed E-state index contributed by atoms with van der Waals surface area (Å²) in [7, 11) is 1.45. The second kappa shape index (κ2) is 8.40. The molecule has 2 saturated heterocycles. The van der Waals surface area contributed by atoms with Crippen LogP contribution in [0.15, 0.2) is 42.5 Å². The van der Waals surface area contributed by atoms with Gasteiger partial charge in [0, 0.05) is 50.6 Å². The largest absolute Gasteiger partial charge is 0.452 e. The Bertz CT molecular complexity index is 1210. The number of aromatic nitrogens is 2. The van der Waals surface area contributed by atoms with Crippen LogP contribution in [-0.2, 0) is 28.9 Å². The summed E-state index contributed by atoms with van der Waals surface area (Å²) >= 11 is 0. The van der Waals surface area contributed by atoms with Gasteiger partial charge in [0.1, 0.15) is 5.82 Å². The number of nitrogens with zero attached hydrogens (tertiary/aromatic N) is 4. The molecule has 1 amide bonds. The first kappa shape index (κ1) is 21.6. The van der Waals surface area contributed by atoms with E-state index in [-0.39, 0.29) is 17.7 Å². The molecule has 34 heavy (non-hydrogen) atoms. The van der Waals surface area contributed by atoms with Gasteiger partial charge in [0.05, 0.1) is 36.0 Å². The fraction of sp³-hybridized carbons (Fsp3) is 0.481. The van der Waals surface area contributed by atoms with Gasteiger partial charge in [-0.2, -0.15) is 0 Å². The van der Waals surface area contributed by atoms with Gasteiger partial charge >= 0.3 is 6.09 Å². The fourth-order valence-corrected chi connectivity index (χ4v) is 5.82. The number of rotatable bonds is 5. The predicted molar refractivity (Wildman–Crippen MR) is 131 cm³/mol. The molecule has 7 heteroatoms. The quantitative estimate of drug-likeness (QED) is 0.576. The van der Waals surface area contributed by atoms with E-state index in [1.807, 2.05) is 6.07 Å². The number of methoxy groups -OCH3 is 1. The maximum atomic E-state index is 12.6. The average Bonchev–Trinajstić information content (AvgIpc) is 3.14. The Morgan fingerprint density at radius 3 is 2.68 bits per heavy atom. The third-order valence-electron chi connectivity index (χ3n) is 7.80. The van der Waals surface area contributed by atoms with Crippen LogP contribution in [0.5, 0.6) is 0 Å². The highest BCUT2D eigenvalue weighted by molar-refractivity contribution is 5.95. The molecule has 3 aliphatic heterocycles. The minimum Gasteiger partial charge on any atom is -0.452 e. The molecule has 7 nitrogen and oxygen atoms in total. The smallest absolute Gasteiger partial charge is 0.414 e. The van der Waals surface area contributed by atoms with E-state index >= 15 is 0 Å². The Kier molecular flexibility index (Phi) is 5.34. The Hall–Kier alpha value is -2.90. The van der Waals surface area contributed by atoms with E-state index in [0.29, 0.717) is 0 Å². The Morgan fingerprint density at radius 2 is 1.97 bits per heavy atom. The van der Waals surface area contributed by atoms with Crippen molar-refractivity contribution in [3.05, 3.63) is 59.4 Å². The molecule has 0 bridgehead atoms. The highest BCUT2D eigenvalue weighted by Crippen LogP contribution is 2.38. The number of hydrogen-bond donors (Lipinski definition) is 0. The van der Waals surface area contributed by atoms with E-state index in [0.717, 1.165) is 80.2 Å². The average molecular weight is 461 g/mol. The molecule has 2 aromatic carbocycles. The van der Waals surface area contributed by atoms with Gasteiger partial charge in [-0.25, -0.2) is 9.78 Å². The molecule has 4 heterocycles. The third kappa shape index (κ3) is 3.58. The van der Waals surface area contributed by atoms with Gasteiger partial charge in [-0.1, -0.05) is 30.3 Å². The maximum absolute atomic E-state index is 12.6. The summed E-state index contributed by atoms with van der Waals surface area (Å²) in [6.45, 7) is 6.94. The zero-order chi connectivity index (χ0) is 23.3. The van der Waals surface area contributed by atoms with Crippen LogP contribution >= 0.6 is 0 Å². The Morgan fingerprint density at radius 1 is 1.18 bits per heavy atom. The molecule has 6 rings (SSSR count). The fourth-order valence-electron chi connectivity index (χ4n) is 5.82. The lowest BCUT2D eigenvalue weighted by Gasteiger charge is -2.55. The predicted octanol–water partition coefficient (Wildman–Crippen LogP) is 4.01. The number of carbonyl (C=O) groups is 1. The molecule has 1 unspecified atom stereocenters. The van der Waals surface area contributed by atoms with Crippen LogP contribution in [0.1, 0.15) is 36.7 Å². The topological polar surface area (TPSA) is 59.8 Å². The lowest BCUT2D eigenvalue weighted by atomic mass is 9.86. The second-order valence-corrected chi connectivity index (χ2v) is 9.99. The molecule has 0 saturated carbocycles. The van der Waals surface area contributed by atoms with Crippen LogP contribution in [0.3, 0.4) is 0 Å². The molecule has 0 aliphatic carbocycles. The number of likely N-dealkylation sites (tertiary alicyclic amines) is 1. The van der Waals surface area contributed by atoms with Crippen LogP contribution < -0.4 is 4.90 Å². The van der Waals surface area contributed by atoms with Crippen molar-refractivity contribution < 1.29 is 14.3 Å². The van der Waals surface area contributed by atoms with Gasteiger partial charge in [-0.3, -0.25) is 9.80 Å². The highest BCUT2D eigenvalue weighted by Gasteiger charge is 2.48. The molecule has 0 N–H and O–H groups in total. The molecule has 178 valence electrons. The minimum absolute atomic E-state index is 0.107. The number of imidazole rings is 1. The molecular weight excluding hydrogens is 428 g/mol. The number of anilines is 1. The van der Waals surface area contributed by atoms with Gasteiger partial charge in [-0.05, 0) is 37.5 Å². The van der Waals surface area contributed by atoms with Gasteiger partial charge in [-0.15, -0.1) is 0 Å². The van der Waals surface area contributed by atoms with Crippen LogP contribution in [0.2, 0.25) is 0 Å². The molecule has 1 aromatic heterocycles. The first-order valence-electron chi connectivity index (χ1n) is 12.4. The lowest BCUT2D eigenvalue weighted by Crippen LogP contribution is -2.68. The number of ether oxygens (including phenoxy) is 2. The zero-order valence-corrected chi connectivity index (χ0v) is 20.0. The molecule has 1 atom stereocenters. The summed E-state index contributed by atoms with van der Waals surface area (Å²) < 4.78 is 13.3. The summed E-state index contributed by atoms with van der Waals surface area (Å²) in [6, 6.07) is 14.9. The number of fused-ring (bicyclic) bond motifs is 3. The van der Waals surface area contributed by atoms with Crippen LogP contribution in [0, 0.1) is 0 Å². The standard InChI is InChI=1S/C27H32N4O3/c1-19-8-9-21-22(31(19)26(32)33-2)10-11-23-25(21)28-24(16-20-6-4-3-5-7-20)30(23)14-13-29-17-27(18-29)12-15-34-27/h3-7,10-11,19H,8-9,12-18H2,1-2H3. The third-order valence-corrected chi connectivity index (χ3v) is 7.80. The van der Waals surface area contributed by atoms with E-state index < -0.39 is 0 Å². The number of amides is 1. The number of benzene rings is 2. The first-order valence-corrected chi connectivity index (χ1v) is 12.4. The van der Waals surface area contributed by atoms with Gasteiger partial charge < -0.3 is 14.0 Å². The summed E-state index contributed by atoms with van der Waals surface area (Å²) in [6.07, 6.45) is 3.49. The van der Waals surface area contributed by atoms with Gasteiger partial charge in [0.25, 0.3) is 0 Å². The minimum atomic E-state index is -0.304. The van der Waals surface area contributed by atoms with Crippen molar-refractivity contribution in [2.75, 3.05) is 38.3 Å². The molecule has 3 aliphatic rings. The van der Waals surface area contributed by atoms with E-state index in [1.54, 1.807) is 4.90 Å². The van der Waals surface area contributed by atoms with E-state index in [1.165, 1.54) is 19.1 Å². The van der Waals surface area contributed by atoms with E-state index in [2.05, 4.69) is 52.8 Å². The maximum Gasteiger partial charge on any atom is 0.414 e. The zero-order valence-electron chi connectivity index (χ0n) is 20.0. The Labute approximate surface area is 200 Å². The molecule has 2 fully saturated rings. The molecular formula is C27H32N4O3. The summed E-state index contributed by atoms with van der Waals surface area (Å²) in [5.41, 5.74) is 5.66. The number of carbonyl (C=O) groups excluding carboxylic acids is 1. The summed E-state index contributed by atoms with van der Waals surface area (Å²) in [5, 5.41) is 0. The number of aryl methyl sites for hydroxylation is 1.